The Labute approximate surface area is 168 Å². The van der Waals surface area contributed by atoms with Crippen LogP contribution < -0.4 is 14.8 Å². The molecule has 1 aromatic heterocycles. The van der Waals surface area contributed by atoms with E-state index in [1.165, 1.54) is 11.1 Å². The van der Waals surface area contributed by atoms with Gasteiger partial charge in [-0.05, 0) is 42.7 Å². The van der Waals surface area contributed by atoms with Gasteiger partial charge >= 0.3 is 0 Å². The molecule has 146 valence electrons. The van der Waals surface area contributed by atoms with Gasteiger partial charge in [0.2, 0.25) is 12.7 Å². The Morgan fingerprint density at radius 3 is 2.76 bits per heavy atom. The second kappa shape index (κ2) is 7.09. The maximum absolute atomic E-state index is 13.1. The van der Waals surface area contributed by atoms with Gasteiger partial charge in [-0.2, -0.15) is 0 Å². The van der Waals surface area contributed by atoms with Crippen molar-refractivity contribution in [2.24, 2.45) is 0 Å². The van der Waals surface area contributed by atoms with Crippen molar-refractivity contribution in [3.63, 3.8) is 0 Å². The maximum Gasteiger partial charge on any atom is 0.272 e. The molecule has 0 unspecified atom stereocenters. The van der Waals surface area contributed by atoms with Crippen molar-refractivity contribution < 1.29 is 14.3 Å². The number of aryl methyl sites for hydroxylation is 1. The lowest BCUT2D eigenvalue weighted by atomic mass is 10.00. The van der Waals surface area contributed by atoms with Gasteiger partial charge in [-0.25, -0.2) is 9.97 Å². The van der Waals surface area contributed by atoms with Gasteiger partial charge in [0, 0.05) is 30.5 Å². The SMILES string of the molecule is Cc1cc(C(=O)N2CCc3ccccc3C2)nc(Nc2ccc3c(c2)OCO3)n1. The van der Waals surface area contributed by atoms with E-state index in [-0.39, 0.29) is 12.7 Å². The van der Waals surface area contributed by atoms with Crippen molar-refractivity contribution in [1.29, 1.82) is 0 Å². The number of amides is 1. The predicted molar refractivity (Wildman–Crippen MR) is 108 cm³/mol. The molecule has 7 nitrogen and oxygen atoms in total. The lowest BCUT2D eigenvalue weighted by molar-refractivity contribution is 0.0728. The summed E-state index contributed by atoms with van der Waals surface area (Å²) in [5.41, 5.74) is 4.38. The molecule has 0 aliphatic carbocycles. The van der Waals surface area contributed by atoms with Crippen LogP contribution in [0.1, 0.15) is 27.3 Å². The summed E-state index contributed by atoms with van der Waals surface area (Å²) in [6, 6.07) is 15.5. The summed E-state index contributed by atoms with van der Waals surface area (Å²) in [7, 11) is 0. The number of fused-ring (bicyclic) bond motifs is 2. The summed E-state index contributed by atoms with van der Waals surface area (Å²) in [4.78, 5) is 23.8. The zero-order valence-corrected chi connectivity index (χ0v) is 16.0. The minimum Gasteiger partial charge on any atom is -0.454 e. The van der Waals surface area contributed by atoms with Gasteiger partial charge < -0.3 is 19.7 Å². The van der Waals surface area contributed by atoms with E-state index < -0.39 is 0 Å². The van der Waals surface area contributed by atoms with Gasteiger partial charge in [0.25, 0.3) is 5.91 Å². The molecular formula is C22H20N4O3. The highest BCUT2D eigenvalue weighted by Crippen LogP contribution is 2.34. The Morgan fingerprint density at radius 1 is 1.03 bits per heavy atom. The van der Waals surface area contributed by atoms with E-state index in [2.05, 4.69) is 27.4 Å². The van der Waals surface area contributed by atoms with E-state index in [1.54, 1.807) is 6.07 Å². The van der Waals surface area contributed by atoms with Gasteiger partial charge in [0.05, 0.1) is 0 Å². The van der Waals surface area contributed by atoms with Gasteiger partial charge in [0.15, 0.2) is 11.5 Å². The van der Waals surface area contributed by atoms with Crippen LogP contribution >= 0.6 is 0 Å². The number of carbonyl (C=O) groups excluding carboxylic acids is 1. The van der Waals surface area contributed by atoms with E-state index in [9.17, 15) is 4.79 Å². The van der Waals surface area contributed by atoms with Gasteiger partial charge in [-0.3, -0.25) is 4.79 Å². The van der Waals surface area contributed by atoms with Gasteiger partial charge in [-0.15, -0.1) is 0 Å². The van der Waals surface area contributed by atoms with E-state index in [0.717, 1.165) is 17.8 Å². The van der Waals surface area contributed by atoms with Crippen LogP contribution in [0.2, 0.25) is 0 Å². The predicted octanol–water partition coefficient (Wildman–Crippen LogP) is 3.46. The molecule has 3 aromatic rings. The summed E-state index contributed by atoms with van der Waals surface area (Å²) < 4.78 is 10.7. The average Bonchev–Trinajstić information content (AvgIpc) is 3.20. The smallest absolute Gasteiger partial charge is 0.272 e. The molecule has 3 heterocycles. The first-order chi connectivity index (χ1) is 14.2. The third-order valence-electron chi connectivity index (χ3n) is 5.12. The molecule has 5 rings (SSSR count). The first-order valence-corrected chi connectivity index (χ1v) is 9.54. The molecule has 2 aromatic carbocycles. The molecule has 0 atom stereocenters. The minimum absolute atomic E-state index is 0.0845. The van der Waals surface area contributed by atoms with Crippen molar-refractivity contribution in [1.82, 2.24) is 14.9 Å². The summed E-state index contributed by atoms with van der Waals surface area (Å²) in [6.45, 7) is 3.36. The van der Waals surface area contributed by atoms with Crippen LogP contribution in [-0.4, -0.2) is 34.1 Å². The van der Waals surface area contributed by atoms with Crippen molar-refractivity contribution in [2.45, 2.75) is 19.9 Å². The fraction of sp³-hybridized carbons (Fsp3) is 0.227. The molecule has 1 amide bonds. The quantitative estimate of drug-likeness (QED) is 0.741. The largest absolute Gasteiger partial charge is 0.454 e. The molecule has 0 radical (unpaired) electrons. The Balaban J connectivity index is 1.37. The van der Waals surface area contributed by atoms with Crippen molar-refractivity contribution in [3.05, 3.63) is 71.0 Å². The summed E-state index contributed by atoms with van der Waals surface area (Å²) in [5.74, 6) is 1.68. The number of anilines is 2. The zero-order valence-electron chi connectivity index (χ0n) is 16.0. The number of benzene rings is 2. The monoisotopic (exact) mass is 388 g/mol. The van der Waals surface area contributed by atoms with E-state index in [4.69, 9.17) is 9.47 Å². The third kappa shape index (κ3) is 3.47. The standard InChI is InChI=1S/C22H20N4O3/c1-14-10-18(21(27)26-9-8-15-4-2-3-5-16(15)12-26)25-22(23-14)24-17-6-7-19-20(11-17)29-13-28-19/h2-7,10-11H,8-9,12-13H2,1H3,(H,23,24,25). The van der Waals surface area contributed by atoms with Crippen LogP contribution in [0.4, 0.5) is 11.6 Å². The molecule has 7 heteroatoms. The summed E-state index contributed by atoms with van der Waals surface area (Å²) in [6.07, 6.45) is 0.855. The fourth-order valence-electron chi connectivity index (χ4n) is 3.67. The van der Waals surface area contributed by atoms with Crippen LogP contribution in [0.3, 0.4) is 0 Å². The van der Waals surface area contributed by atoms with Gasteiger partial charge in [-0.1, -0.05) is 24.3 Å². The molecule has 2 aliphatic rings. The topological polar surface area (TPSA) is 76.6 Å². The fourth-order valence-corrected chi connectivity index (χ4v) is 3.67. The number of rotatable bonds is 3. The van der Waals surface area contributed by atoms with E-state index >= 15 is 0 Å². The number of aromatic nitrogens is 2. The molecule has 0 bridgehead atoms. The second-order valence-corrected chi connectivity index (χ2v) is 7.16. The van der Waals surface area contributed by atoms with Crippen LogP contribution in [0.25, 0.3) is 0 Å². The van der Waals surface area contributed by atoms with E-state index in [1.807, 2.05) is 42.2 Å². The average molecular weight is 388 g/mol. The minimum atomic E-state index is -0.0845. The number of carbonyl (C=O) groups is 1. The molecule has 2 aliphatic heterocycles. The molecule has 0 spiro atoms. The Bertz CT molecular complexity index is 1100. The number of hydrogen-bond acceptors (Lipinski definition) is 6. The normalized spacial score (nSPS) is 14.4. The summed E-state index contributed by atoms with van der Waals surface area (Å²) >= 11 is 0. The first kappa shape index (κ1) is 17.5. The Morgan fingerprint density at radius 2 is 1.86 bits per heavy atom. The third-order valence-corrected chi connectivity index (χ3v) is 5.12. The van der Waals surface area contributed by atoms with Crippen LogP contribution in [0.15, 0.2) is 48.5 Å². The Hall–Kier alpha value is -3.61. The summed E-state index contributed by atoms with van der Waals surface area (Å²) in [5, 5.41) is 3.16. The maximum atomic E-state index is 13.1. The molecule has 0 fully saturated rings. The molecule has 1 N–H and O–H groups in total. The van der Waals surface area contributed by atoms with Crippen LogP contribution in [0.5, 0.6) is 11.5 Å². The highest BCUT2D eigenvalue weighted by atomic mass is 16.7. The molecule has 0 saturated heterocycles. The molecule has 29 heavy (non-hydrogen) atoms. The lowest BCUT2D eigenvalue weighted by Gasteiger charge is -2.28. The van der Waals surface area contributed by atoms with Crippen LogP contribution in [-0.2, 0) is 13.0 Å². The highest BCUT2D eigenvalue weighted by Gasteiger charge is 2.23. The van der Waals surface area contributed by atoms with Gasteiger partial charge in [0.1, 0.15) is 5.69 Å². The van der Waals surface area contributed by atoms with Crippen molar-refractivity contribution in [3.8, 4) is 11.5 Å². The number of hydrogen-bond donors (Lipinski definition) is 1. The van der Waals surface area contributed by atoms with Crippen molar-refractivity contribution in [2.75, 3.05) is 18.7 Å². The molecule has 0 saturated carbocycles. The Kier molecular flexibility index (Phi) is 4.27. The van der Waals surface area contributed by atoms with E-state index in [0.29, 0.717) is 36.2 Å². The lowest BCUT2D eigenvalue weighted by Crippen LogP contribution is -2.36. The number of nitrogens with zero attached hydrogens (tertiary/aromatic N) is 3. The first-order valence-electron chi connectivity index (χ1n) is 9.54. The van der Waals surface area contributed by atoms with Crippen LogP contribution in [0, 0.1) is 6.92 Å². The number of nitrogens with one attached hydrogen (secondary N) is 1. The highest BCUT2D eigenvalue weighted by molar-refractivity contribution is 5.93. The second-order valence-electron chi connectivity index (χ2n) is 7.16. The number of ether oxygens (including phenoxy) is 2. The molecular weight excluding hydrogens is 368 g/mol. The zero-order chi connectivity index (χ0) is 19.8. The van der Waals surface area contributed by atoms with Crippen molar-refractivity contribution >= 4 is 17.5 Å².